The van der Waals surface area contributed by atoms with Crippen LogP contribution >= 0.6 is 0 Å². The number of hydrogen-bond acceptors (Lipinski definition) is 5. The van der Waals surface area contributed by atoms with Gasteiger partial charge in [0.2, 0.25) is 0 Å². The summed E-state index contributed by atoms with van der Waals surface area (Å²) in [6, 6.07) is 8.10. The Morgan fingerprint density at radius 2 is 1.79 bits per heavy atom. The molecule has 0 fully saturated rings. The number of amides is 3. The van der Waals surface area contributed by atoms with E-state index in [1.807, 2.05) is 30.3 Å². The van der Waals surface area contributed by atoms with Gasteiger partial charge in [0.05, 0.1) is 17.9 Å². The first-order valence-electron chi connectivity index (χ1n) is 8.46. The van der Waals surface area contributed by atoms with Crippen LogP contribution in [-0.4, -0.2) is 47.0 Å². The number of benzene rings is 1. The van der Waals surface area contributed by atoms with Crippen molar-refractivity contribution >= 4 is 17.9 Å². The number of carbonyl (C=O) groups is 3. The Hall–Kier alpha value is -3.37. The molecule has 0 radical (unpaired) electrons. The molecule has 11 heteroatoms. The molecule has 3 amide bonds. The van der Waals surface area contributed by atoms with Crippen LogP contribution in [0.3, 0.4) is 0 Å². The van der Waals surface area contributed by atoms with Crippen molar-refractivity contribution in [2.45, 2.75) is 26.6 Å². The SMILES string of the molecule is Cc1nn(Cc2ccccc2)c(C)c1C(=O)OCC(=O)NC(=O)NCC(F)(F)F. The maximum atomic E-state index is 12.3. The molecule has 2 rings (SSSR count). The van der Waals surface area contributed by atoms with E-state index in [9.17, 15) is 27.6 Å². The molecule has 0 unspecified atom stereocenters. The second kappa shape index (κ2) is 9.22. The highest BCUT2D eigenvalue weighted by molar-refractivity contribution is 5.97. The lowest BCUT2D eigenvalue weighted by atomic mass is 10.2. The average molecular weight is 412 g/mol. The third-order valence-electron chi connectivity index (χ3n) is 3.80. The number of carbonyl (C=O) groups excluding carboxylic acids is 3. The van der Waals surface area contributed by atoms with Crippen molar-refractivity contribution in [3.8, 4) is 0 Å². The summed E-state index contributed by atoms with van der Waals surface area (Å²) < 4.78 is 42.5. The molecular formula is C18H19F3N4O4. The van der Waals surface area contributed by atoms with Crippen molar-refractivity contribution in [1.82, 2.24) is 20.4 Å². The molecule has 1 heterocycles. The number of imide groups is 1. The zero-order valence-electron chi connectivity index (χ0n) is 15.7. The molecule has 0 aliphatic rings. The average Bonchev–Trinajstić information content (AvgIpc) is 2.92. The zero-order valence-corrected chi connectivity index (χ0v) is 15.7. The third kappa shape index (κ3) is 6.63. The first-order valence-corrected chi connectivity index (χ1v) is 8.46. The van der Waals surface area contributed by atoms with Gasteiger partial charge in [-0.2, -0.15) is 18.3 Å². The number of nitrogens with one attached hydrogen (secondary N) is 2. The van der Waals surface area contributed by atoms with Crippen molar-refractivity contribution in [1.29, 1.82) is 0 Å². The van der Waals surface area contributed by atoms with Crippen LogP contribution in [0, 0.1) is 13.8 Å². The van der Waals surface area contributed by atoms with E-state index < -0.39 is 37.2 Å². The van der Waals surface area contributed by atoms with E-state index in [0.29, 0.717) is 17.9 Å². The summed E-state index contributed by atoms with van der Waals surface area (Å²) in [5.74, 6) is -1.89. The molecule has 0 saturated heterocycles. The van der Waals surface area contributed by atoms with E-state index in [-0.39, 0.29) is 5.56 Å². The molecule has 0 atom stereocenters. The van der Waals surface area contributed by atoms with Gasteiger partial charge in [-0.15, -0.1) is 0 Å². The van der Waals surface area contributed by atoms with E-state index in [2.05, 4.69) is 5.10 Å². The number of rotatable bonds is 6. The summed E-state index contributed by atoms with van der Waals surface area (Å²) in [4.78, 5) is 35.1. The molecule has 0 bridgehead atoms. The van der Waals surface area contributed by atoms with Crippen molar-refractivity contribution in [3.05, 3.63) is 52.8 Å². The van der Waals surface area contributed by atoms with E-state index >= 15 is 0 Å². The molecule has 0 aliphatic heterocycles. The van der Waals surface area contributed by atoms with Crippen molar-refractivity contribution < 1.29 is 32.3 Å². The molecule has 0 saturated carbocycles. The lowest BCUT2D eigenvalue weighted by Gasteiger charge is -2.09. The highest BCUT2D eigenvalue weighted by Gasteiger charge is 2.28. The quantitative estimate of drug-likeness (QED) is 0.708. The first kappa shape index (κ1) is 21.9. The Labute approximate surface area is 164 Å². The van der Waals surface area contributed by atoms with Crippen LogP contribution in [0.15, 0.2) is 30.3 Å². The fraction of sp³-hybridized carbons (Fsp3) is 0.333. The van der Waals surface area contributed by atoms with Crippen LogP contribution in [0.1, 0.15) is 27.3 Å². The van der Waals surface area contributed by atoms with Gasteiger partial charge in [-0.25, -0.2) is 9.59 Å². The number of ether oxygens (including phenoxy) is 1. The zero-order chi connectivity index (χ0) is 21.6. The number of hydrogen-bond donors (Lipinski definition) is 2. The van der Waals surface area contributed by atoms with Gasteiger partial charge in [0.15, 0.2) is 6.61 Å². The molecule has 0 spiro atoms. The largest absolute Gasteiger partial charge is 0.452 e. The predicted molar refractivity (Wildman–Crippen MR) is 95.1 cm³/mol. The minimum atomic E-state index is -4.61. The molecule has 1 aromatic heterocycles. The van der Waals surface area contributed by atoms with E-state index in [1.54, 1.807) is 23.8 Å². The summed E-state index contributed by atoms with van der Waals surface area (Å²) in [5, 5.41) is 7.40. The van der Waals surface area contributed by atoms with Crippen molar-refractivity contribution in [3.63, 3.8) is 0 Å². The summed E-state index contributed by atoms with van der Waals surface area (Å²) in [6.45, 7) is 1.28. The molecule has 29 heavy (non-hydrogen) atoms. The minimum Gasteiger partial charge on any atom is -0.452 e. The van der Waals surface area contributed by atoms with Crippen molar-refractivity contribution in [2.75, 3.05) is 13.2 Å². The first-order chi connectivity index (χ1) is 13.6. The number of alkyl halides is 3. The Kier molecular flexibility index (Phi) is 6.97. The highest BCUT2D eigenvalue weighted by Crippen LogP contribution is 2.16. The van der Waals surface area contributed by atoms with E-state index in [4.69, 9.17) is 4.74 Å². The van der Waals surface area contributed by atoms with E-state index in [0.717, 1.165) is 5.56 Å². The van der Waals surface area contributed by atoms with Gasteiger partial charge < -0.3 is 10.1 Å². The number of aryl methyl sites for hydroxylation is 1. The van der Waals surface area contributed by atoms with Crippen LogP contribution in [0.4, 0.5) is 18.0 Å². The number of aromatic nitrogens is 2. The fourth-order valence-corrected chi connectivity index (χ4v) is 2.49. The second-order valence-corrected chi connectivity index (χ2v) is 6.11. The van der Waals surface area contributed by atoms with Gasteiger partial charge in [-0.1, -0.05) is 30.3 Å². The minimum absolute atomic E-state index is 0.176. The van der Waals surface area contributed by atoms with Gasteiger partial charge in [0, 0.05) is 0 Å². The lowest BCUT2D eigenvalue weighted by Crippen LogP contribution is -2.44. The molecule has 0 aliphatic carbocycles. The summed E-state index contributed by atoms with van der Waals surface area (Å²) in [6.07, 6.45) is -4.61. The van der Waals surface area contributed by atoms with Gasteiger partial charge in [0.1, 0.15) is 12.1 Å². The van der Waals surface area contributed by atoms with Gasteiger partial charge >= 0.3 is 18.2 Å². The topological polar surface area (TPSA) is 102 Å². The number of esters is 1. The monoisotopic (exact) mass is 412 g/mol. The molecular weight excluding hydrogens is 393 g/mol. The summed E-state index contributed by atoms with van der Waals surface area (Å²) >= 11 is 0. The predicted octanol–water partition coefficient (Wildman–Crippen LogP) is 2.09. The Morgan fingerprint density at radius 1 is 1.14 bits per heavy atom. The molecule has 2 N–H and O–H groups in total. The number of nitrogens with zero attached hydrogens (tertiary/aromatic N) is 2. The number of urea groups is 1. The summed E-state index contributed by atoms with van der Waals surface area (Å²) in [7, 11) is 0. The van der Waals surface area contributed by atoms with Crippen LogP contribution in [-0.2, 0) is 16.1 Å². The normalized spacial score (nSPS) is 11.1. The molecule has 8 nitrogen and oxygen atoms in total. The standard InChI is InChI=1S/C18H19F3N4O4/c1-11-15(12(2)25(24-11)8-13-6-4-3-5-7-13)16(27)29-9-14(26)23-17(28)22-10-18(19,20)21/h3-7H,8-10H2,1-2H3,(H2,22,23,26,28). The Balaban J connectivity index is 1.92. The van der Waals surface area contributed by atoms with Gasteiger partial charge in [0.25, 0.3) is 5.91 Å². The third-order valence-corrected chi connectivity index (χ3v) is 3.80. The number of halogens is 3. The Morgan fingerprint density at radius 3 is 2.41 bits per heavy atom. The van der Waals surface area contributed by atoms with Crippen LogP contribution < -0.4 is 10.6 Å². The van der Waals surface area contributed by atoms with Crippen LogP contribution in [0.25, 0.3) is 0 Å². The fourth-order valence-electron chi connectivity index (χ4n) is 2.49. The maximum Gasteiger partial charge on any atom is 0.405 e. The molecule has 2 aromatic rings. The maximum absolute atomic E-state index is 12.3. The molecule has 156 valence electrons. The van der Waals surface area contributed by atoms with Crippen molar-refractivity contribution in [2.24, 2.45) is 0 Å². The lowest BCUT2D eigenvalue weighted by molar-refractivity contribution is -0.125. The summed E-state index contributed by atoms with van der Waals surface area (Å²) in [5.41, 5.74) is 2.07. The molecule has 1 aromatic carbocycles. The highest BCUT2D eigenvalue weighted by atomic mass is 19.4. The second-order valence-electron chi connectivity index (χ2n) is 6.11. The van der Waals surface area contributed by atoms with Gasteiger partial charge in [-0.3, -0.25) is 14.8 Å². The van der Waals surface area contributed by atoms with Crippen LogP contribution in [0.2, 0.25) is 0 Å². The smallest absolute Gasteiger partial charge is 0.405 e. The van der Waals surface area contributed by atoms with Gasteiger partial charge in [-0.05, 0) is 19.4 Å². The Bertz CT molecular complexity index is 895. The van der Waals surface area contributed by atoms with Crippen LogP contribution in [0.5, 0.6) is 0 Å². The van der Waals surface area contributed by atoms with E-state index in [1.165, 1.54) is 5.32 Å².